The molecule has 0 aromatic carbocycles. The van der Waals surface area contributed by atoms with E-state index < -0.39 is 6.10 Å². The zero-order valence-corrected chi connectivity index (χ0v) is 11.1. The van der Waals surface area contributed by atoms with Crippen molar-refractivity contribution in [1.82, 2.24) is 5.32 Å². The quantitative estimate of drug-likeness (QED) is 0.748. The van der Waals surface area contributed by atoms with Crippen molar-refractivity contribution < 1.29 is 9.84 Å². The van der Waals surface area contributed by atoms with E-state index in [0.717, 1.165) is 12.5 Å². The first-order valence-electron chi connectivity index (χ1n) is 6.27. The van der Waals surface area contributed by atoms with Crippen LogP contribution in [0.2, 0.25) is 0 Å². The minimum Gasteiger partial charge on any atom is -0.389 e. The lowest BCUT2D eigenvalue weighted by Gasteiger charge is -2.16. The van der Waals surface area contributed by atoms with Crippen molar-refractivity contribution in [2.24, 2.45) is 5.92 Å². The van der Waals surface area contributed by atoms with Crippen LogP contribution >= 0.6 is 11.3 Å². The minimum absolute atomic E-state index is 0.291. The Bertz CT molecular complexity index is 311. The van der Waals surface area contributed by atoms with Crippen LogP contribution in [0.1, 0.15) is 31.4 Å². The van der Waals surface area contributed by atoms with E-state index in [4.69, 9.17) is 4.74 Å². The van der Waals surface area contributed by atoms with Crippen LogP contribution in [0.25, 0.3) is 0 Å². The van der Waals surface area contributed by atoms with Crippen LogP contribution in [0.4, 0.5) is 0 Å². The Morgan fingerprint density at radius 1 is 1.59 bits per heavy atom. The molecule has 2 N–H and O–H groups in total. The van der Waals surface area contributed by atoms with Gasteiger partial charge in [-0.1, -0.05) is 0 Å². The Morgan fingerprint density at radius 2 is 2.41 bits per heavy atom. The lowest BCUT2D eigenvalue weighted by Crippen LogP contribution is -2.32. The number of ether oxygens (including phenoxy) is 1. The van der Waals surface area contributed by atoms with Crippen LogP contribution in [-0.2, 0) is 4.74 Å². The van der Waals surface area contributed by atoms with E-state index >= 15 is 0 Å². The first-order chi connectivity index (χ1) is 8.25. The topological polar surface area (TPSA) is 41.5 Å². The number of nitrogens with one attached hydrogen (secondary N) is 1. The third-order valence-corrected chi connectivity index (χ3v) is 3.77. The molecule has 0 bridgehead atoms. The molecule has 2 unspecified atom stereocenters. The molecule has 1 aliphatic rings. The maximum atomic E-state index is 9.74. The van der Waals surface area contributed by atoms with E-state index in [1.54, 1.807) is 11.3 Å². The summed E-state index contributed by atoms with van der Waals surface area (Å²) in [5.41, 5.74) is 1.28. The zero-order chi connectivity index (χ0) is 12.1. The van der Waals surface area contributed by atoms with E-state index in [1.807, 2.05) is 0 Å². The number of rotatable bonds is 8. The first-order valence-corrected chi connectivity index (χ1v) is 7.21. The second kappa shape index (κ2) is 6.50. The molecule has 0 aliphatic heterocycles. The predicted molar refractivity (Wildman–Crippen MR) is 70.3 cm³/mol. The van der Waals surface area contributed by atoms with Crippen molar-refractivity contribution >= 4 is 11.3 Å². The highest BCUT2D eigenvalue weighted by Gasteiger charge is 2.21. The fourth-order valence-corrected chi connectivity index (χ4v) is 2.42. The van der Waals surface area contributed by atoms with Gasteiger partial charge in [-0.3, -0.25) is 0 Å². The van der Waals surface area contributed by atoms with E-state index in [1.165, 1.54) is 18.4 Å². The number of aliphatic hydroxyl groups excluding tert-OH is 1. The van der Waals surface area contributed by atoms with Crippen molar-refractivity contribution in [2.45, 2.75) is 31.9 Å². The molecule has 17 heavy (non-hydrogen) atoms. The van der Waals surface area contributed by atoms with Crippen LogP contribution in [-0.4, -0.2) is 31.0 Å². The van der Waals surface area contributed by atoms with Gasteiger partial charge in [0.15, 0.2) is 0 Å². The Hall–Kier alpha value is -0.420. The molecule has 0 spiro atoms. The van der Waals surface area contributed by atoms with Crippen molar-refractivity contribution in [3.05, 3.63) is 22.4 Å². The fourth-order valence-electron chi connectivity index (χ4n) is 1.67. The van der Waals surface area contributed by atoms with Crippen LogP contribution < -0.4 is 5.32 Å². The molecule has 0 saturated heterocycles. The Labute approximate surface area is 107 Å². The Balaban J connectivity index is 1.56. The van der Waals surface area contributed by atoms with Gasteiger partial charge >= 0.3 is 0 Å². The lowest BCUT2D eigenvalue weighted by molar-refractivity contribution is 0.0315. The van der Waals surface area contributed by atoms with Gasteiger partial charge in [-0.25, -0.2) is 0 Å². The molecule has 2 rings (SSSR count). The smallest absolute Gasteiger partial charge is 0.0897 e. The lowest BCUT2D eigenvalue weighted by atomic mass is 10.2. The summed E-state index contributed by atoms with van der Waals surface area (Å²) in [4.78, 5) is 0. The van der Waals surface area contributed by atoms with E-state index in [0.29, 0.717) is 19.2 Å². The van der Waals surface area contributed by atoms with Gasteiger partial charge in [0.05, 0.1) is 12.7 Å². The predicted octanol–water partition coefficient (Wildman–Crippen LogP) is 2.19. The summed E-state index contributed by atoms with van der Waals surface area (Å²) in [6.45, 7) is 3.96. The van der Waals surface area contributed by atoms with E-state index in [2.05, 4.69) is 29.1 Å². The molecule has 1 aromatic heterocycles. The maximum absolute atomic E-state index is 9.74. The van der Waals surface area contributed by atoms with Crippen molar-refractivity contribution in [1.29, 1.82) is 0 Å². The summed E-state index contributed by atoms with van der Waals surface area (Å²) in [6, 6.07) is 2.40. The Morgan fingerprint density at radius 3 is 3.06 bits per heavy atom. The molecule has 0 amide bonds. The molecule has 1 aromatic rings. The highest BCUT2D eigenvalue weighted by Crippen LogP contribution is 2.28. The van der Waals surface area contributed by atoms with Gasteiger partial charge < -0.3 is 15.2 Å². The Kier molecular flexibility index (Phi) is 4.98. The molecule has 96 valence electrons. The number of thiophene rings is 1. The van der Waals surface area contributed by atoms with Gasteiger partial charge in [0, 0.05) is 19.2 Å². The van der Waals surface area contributed by atoms with E-state index in [-0.39, 0.29) is 0 Å². The summed E-state index contributed by atoms with van der Waals surface area (Å²) >= 11 is 1.70. The van der Waals surface area contributed by atoms with Gasteiger partial charge in [-0.05, 0) is 48.1 Å². The van der Waals surface area contributed by atoms with Crippen molar-refractivity contribution in [3.63, 3.8) is 0 Å². The van der Waals surface area contributed by atoms with Gasteiger partial charge in [0.2, 0.25) is 0 Å². The molecule has 1 aliphatic carbocycles. The second-order valence-electron chi connectivity index (χ2n) is 4.82. The van der Waals surface area contributed by atoms with Crippen LogP contribution in [0.3, 0.4) is 0 Å². The number of aliphatic hydroxyl groups is 1. The first kappa shape index (κ1) is 13.0. The summed E-state index contributed by atoms with van der Waals surface area (Å²) in [7, 11) is 0. The third-order valence-electron chi connectivity index (χ3n) is 3.06. The van der Waals surface area contributed by atoms with Gasteiger partial charge in [-0.15, -0.1) is 0 Å². The van der Waals surface area contributed by atoms with Crippen LogP contribution in [0.15, 0.2) is 16.8 Å². The van der Waals surface area contributed by atoms with Crippen LogP contribution in [0, 0.1) is 5.92 Å². The molecule has 1 fully saturated rings. The third kappa shape index (κ3) is 4.76. The average Bonchev–Trinajstić information content (AvgIpc) is 2.97. The van der Waals surface area contributed by atoms with E-state index in [9.17, 15) is 5.11 Å². The molecule has 3 nitrogen and oxygen atoms in total. The largest absolute Gasteiger partial charge is 0.389 e. The normalized spacial score (nSPS) is 19.2. The minimum atomic E-state index is -0.408. The average molecular weight is 255 g/mol. The highest BCUT2D eigenvalue weighted by atomic mass is 32.1. The number of hydrogen-bond acceptors (Lipinski definition) is 4. The highest BCUT2D eigenvalue weighted by molar-refractivity contribution is 7.07. The molecule has 1 saturated carbocycles. The fraction of sp³-hybridized carbons (Fsp3) is 0.692. The summed E-state index contributed by atoms with van der Waals surface area (Å²) in [5.74, 6) is 0.764. The molecule has 1 heterocycles. The van der Waals surface area contributed by atoms with Crippen molar-refractivity contribution in [3.8, 4) is 0 Å². The maximum Gasteiger partial charge on any atom is 0.0897 e. The zero-order valence-electron chi connectivity index (χ0n) is 10.3. The summed E-state index contributed by atoms with van der Waals surface area (Å²) < 4.78 is 5.45. The molecule has 2 atom stereocenters. The van der Waals surface area contributed by atoms with Gasteiger partial charge in [0.1, 0.15) is 0 Å². The van der Waals surface area contributed by atoms with Crippen molar-refractivity contribution in [2.75, 3.05) is 19.8 Å². The van der Waals surface area contributed by atoms with Crippen LogP contribution in [0.5, 0.6) is 0 Å². The molecule has 0 radical (unpaired) electrons. The monoisotopic (exact) mass is 255 g/mol. The summed E-state index contributed by atoms with van der Waals surface area (Å²) in [5, 5.41) is 17.3. The second-order valence-corrected chi connectivity index (χ2v) is 5.60. The SMILES string of the molecule is CC(NCC(O)COCC1CC1)c1ccsc1. The summed E-state index contributed by atoms with van der Waals surface area (Å²) in [6.07, 6.45) is 2.18. The number of hydrogen-bond donors (Lipinski definition) is 2. The van der Waals surface area contributed by atoms with Gasteiger partial charge in [-0.2, -0.15) is 11.3 Å². The molecular formula is C13H21NO2S. The molecule has 4 heteroatoms. The standard InChI is InChI=1S/C13H21NO2S/c1-10(12-4-5-17-9-12)14-6-13(15)8-16-7-11-2-3-11/h4-5,9-11,13-15H,2-3,6-8H2,1H3. The molecular weight excluding hydrogens is 234 g/mol. The van der Waals surface area contributed by atoms with Gasteiger partial charge in [0.25, 0.3) is 0 Å².